The van der Waals surface area contributed by atoms with E-state index >= 15 is 0 Å². The Morgan fingerprint density at radius 2 is 2.24 bits per heavy atom. The molecule has 2 aromatic rings. The highest BCUT2D eigenvalue weighted by atomic mass is 16.4. The molecule has 7 heteroatoms. The quantitative estimate of drug-likeness (QED) is 0.294. The smallest absolute Gasteiger partial charge is 0.201 e. The molecule has 0 unspecified atom stereocenters. The van der Waals surface area contributed by atoms with Gasteiger partial charge in [-0.1, -0.05) is 11.2 Å². The zero-order valence-electron chi connectivity index (χ0n) is 12.0. The summed E-state index contributed by atoms with van der Waals surface area (Å²) < 4.78 is 0. The molecule has 0 spiro atoms. The molecule has 5 N–H and O–H groups in total. The van der Waals surface area contributed by atoms with Gasteiger partial charge in [0.1, 0.15) is 5.52 Å². The van der Waals surface area contributed by atoms with Gasteiger partial charge in [0, 0.05) is 11.6 Å². The number of likely N-dealkylation sites (tertiary alicyclic amines) is 1. The highest BCUT2D eigenvalue weighted by molar-refractivity contribution is 6.07. The number of nitrogens with one attached hydrogen (secondary N) is 2. The predicted octanol–water partition coefficient (Wildman–Crippen LogP) is 1.16. The Morgan fingerprint density at radius 3 is 2.95 bits per heavy atom. The van der Waals surface area contributed by atoms with Gasteiger partial charge in [0.15, 0.2) is 5.84 Å². The highest BCUT2D eigenvalue weighted by Crippen LogP contribution is 2.20. The van der Waals surface area contributed by atoms with Crippen molar-refractivity contribution in [1.29, 1.82) is 0 Å². The topological polar surface area (TPSA) is 103 Å². The van der Waals surface area contributed by atoms with E-state index in [4.69, 9.17) is 10.9 Å². The minimum atomic E-state index is 0.0675. The standard InChI is InChI=1S/C14H20N6O/c1-20-7-5-9(6-8-20)16-14-17-11-4-2-3-10(12(11)18-14)13(15)19-21/h2-4,9,21H,5-8H2,1H3,(H2,15,19)(H2,16,17,18). The molecule has 21 heavy (non-hydrogen) atoms. The molecule has 1 saturated heterocycles. The number of oxime groups is 1. The first-order valence-electron chi connectivity index (χ1n) is 7.09. The molecule has 0 amide bonds. The fourth-order valence-corrected chi connectivity index (χ4v) is 2.71. The summed E-state index contributed by atoms with van der Waals surface area (Å²) in [6, 6.07) is 6.00. The van der Waals surface area contributed by atoms with Gasteiger partial charge in [0.05, 0.1) is 5.52 Å². The summed E-state index contributed by atoms with van der Waals surface area (Å²) in [6.07, 6.45) is 2.20. The second-order valence-electron chi connectivity index (χ2n) is 5.49. The Balaban J connectivity index is 1.84. The maximum absolute atomic E-state index is 8.85. The largest absolute Gasteiger partial charge is 0.409 e. The number of hydrogen-bond donors (Lipinski definition) is 4. The van der Waals surface area contributed by atoms with Crippen molar-refractivity contribution in [2.24, 2.45) is 10.9 Å². The number of nitrogens with two attached hydrogens (primary N) is 1. The number of aromatic nitrogens is 2. The molecule has 1 aliphatic heterocycles. The van der Waals surface area contributed by atoms with Crippen LogP contribution in [0.2, 0.25) is 0 Å². The second-order valence-corrected chi connectivity index (χ2v) is 5.49. The molecule has 1 aromatic carbocycles. The normalized spacial score (nSPS) is 18.2. The van der Waals surface area contributed by atoms with Crippen LogP contribution in [0.4, 0.5) is 5.95 Å². The summed E-state index contributed by atoms with van der Waals surface area (Å²) in [4.78, 5) is 10.1. The predicted molar refractivity (Wildman–Crippen MR) is 82.7 cm³/mol. The van der Waals surface area contributed by atoms with E-state index in [9.17, 15) is 0 Å². The molecule has 3 rings (SSSR count). The van der Waals surface area contributed by atoms with Gasteiger partial charge in [0.2, 0.25) is 5.95 Å². The first kappa shape index (κ1) is 13.7. The first-order chi connectivity index (χ1) is 10.2. The number of para-hydroxylation sites is 1. The van der Waals surface area contributed by atoms with E-state index in [1.165, 1.54) is 0 Å². The number of rotatable bonds is 3. The zero-order chi connectivity index (χ0) is 14.8. The summed E-state index contributed by atoms with van der Waals surface area (Å²) >= 11 is 0. The molecule has 0 bridgehead atoms. The zero-order valence-corrected chi connectivity index (χ0v) is 12.0. The van der Waals surface area contributed by atoms with Gasteiger partial charge < -0.3 is 26.1 Å². The van der Waals surface area contributed by atoms with Crippen LogP contribution in [0.15, 0.2) is 23.4 Å². The molecular weight excluding hydrogens is 268 g/mol. The fraction of sp³-hybridized carbons (Fsp3) is 0.429. The van der Waals surface area contributed by atoms with Gasteiger partial charge >= 0.3 is 0 Å². The summed E-state index contributed by atoms with van der Waals surface area (Å²) in [7, 11) is 2.14. The second kappa shape index (κ2) is 5.61. The van der Waals surface area contributed by atoms with Crippen LogP contribution in [0.25, 0.3) is 11.0 Å². The van der Waals surface area contributed by atoms with Gasteiger partial charge in [-0.05, 0) is 45.1 Å². The van der Waals surface area contributed by atoms with Crippen molar-refractivity contribution in [3.63, 3.8) is 0 Å². The monoisotopic (exact) mass is 288 g/mol. The van der Waals surface area contributed by atoms with E-state index in [2.05, 4.69) is 32.4 Å². The summed E-state index contributed by atoms with van der Waals surface area (Å²) in [5, 5.41) is 15.3. The van der Waals surface area contributed by atoms with Gasteiger partial charge in [-0.3, -0.25) is 0 Å². The molecule has 1 fully saturated rings. The minimum absolute atomic E-state index is 0.0675. The van der Waals surface area contributed by atoms with Crippen LogP contribution in [0, 0.1) is 0 Å². The maximum atomic E-state index is 8.85. The average Bonchev–Trinajstić information content (AvgIpc) is 2.91. The number of piperidine rings is 1. The van der Waals surface area contributed by atoms with Crippen molar-refractivity contribution in [1.82, 2.24) is 14.9 Å². The molecule has 0 atom stereocenters. The number of H-pyrrole nitrogens is 1. The first-order valence-corrected chi connectivity index (χ1v) is 7.09. The number of hydrogen-bond acceptors (Lipinski definition) is 5. The Bertz CT molecular complexity index is 657. The van der Waals surface area contributed by atoms with Crippen molar-refractivity contribution in [3.05, 3.63) is 23.8 Å². The molecule has 0 saturated carbocycles. The van der Waals surface area contributed by atoms with Gasteiger partial charge in [-0.15, -0.1) is 0 Å². The van der Waals surface area contributed by atoms with Crippen LogP contribution in [-0.2, 0) is 0 Å². The van der Waals surface area contributed by atoms with E-state index in [1.807, 2.05) is 12.1 Å². The Morgan fingerprint density at radius 1 is 1.48 bits per heavy atom. The molecular formula is C14H20N6O. The van der Waals surface area contributed by atoms with E-state index in [0.29, 0.717) is 17.1 Å². The van der Waals surface area contributed by atoms with E-state index in [-0.39, 0.29) is 5.84 Å². The Hall–Kier alpha value is -2.28. The third-order valence-electron chi connectivity index (χ3n) is 3.96. The molecule has 0 radical (unpaired) electrons. The van der Waals surface area contributed by atoms with E-state index < -0.39 is 0 Å². The number of aromatic amines is 1. The third-order valence-corrected chi connectivity index (χ3v) is 3.96. The van der Waals surface area contributed by atoms with Crippen LogP contribution < -0.4 is 11.1 Å². The average molecular weight is 288 g/mol. The lowest BCUT2D eigenvalue weighted by Gasteiger charge is -2.29. The van der Waals surface area contributed by atoms with E-state index in [1.54, 1.807) is 6.07 Å². The van der Waals surface area contributed by atoms with Crippen LogP contribution in [0.3, 0.4) is 0 Å². The lowest BCUT2D eigenvalue weighted by atomic mass is 10.1. The molecule has 2 heterocycles. The number of amidine groups is 1. The van der Waals surface area contributed by atoms with Crippen LogP contribution in [0.5, 0.6) is 0 Å². The number of anilines is 1. The minimum Gasteiger partial charge on any atom is -0.409 e. The van der Waals surface area contributed by atoms with E-state index in [0.717, 1.165) is 37.4 Å². The molecule has 0 aliphatic carbocycles. The lowest BCUT2D eigenvalue weighted by molar-refractivity contribution is 0.263. The van der Waals surface area contributed by atoms with Gasteiger partial charge in [-0.25, -0.2) is 4.98 Å². The fourth-order valence-electron chi connectivity index (χ4n) is 2.71. The Kier molecular flexibility index (Phi) is 3.66. The van der Waals surface area contributed by atoms with Crippen molar-refractivity contribution in [3.8, 4) is 0 Å². The third kappa shape index (κ3) is 2.78. The van der Waals surface area contributed by atoms with Crippen LogP contribution in [0.1, 0.15) is 18.4 Å². The van der Waals surface area contributed by atoms with Crippen LogP contribution >= 0.6 is 0 Å². The summed E-state index contributed by atoms with van der Waals surface area (Å²) in [5.41, 5.74) is 7.90. The van der Waals surface area contributed by atoms with Crippen molar-refractivity contribution in [2.45, 2.75) is 18.9 Å². The number of nitrogens with zero attached hydrogens (tertiary/aromatic N) is 3. The Labute approximate surface area is 122 Å². The van der Waals surface area contributed by atoms with Crippen molar-refractivity contribution >= 4 is 22.8 Å². The number of imidazole rings is 1. The van der Waals surface area contributed by atoms with Gasteiger partial charge in [-0.2, -0.15) is 0 Å². The summed E-state index contributed by atoms with van der Waals surface area (Å²) in [6.45, 7) is 2.18. The molecule has 7 nitrogen and oxygen atoms in total. The van der Waals surface area contributed by atoms with Gasteiger partial charge in [0.25, 0.3) is 0 Å². The molecule has 112 valence electrons. The summed E-state index contributed by atoms with van der Waals surface area (Å²) in [5.74, 6) is 0.802. The number of fused-ring (bicyclic) bond motifs is 1. The van der Waals surface area contributed by atoms with Crippen molar-refractivity contribution in [2.75, 3.05) is 25.5 Å². The van der Waals surface area contributed by atoms with Crippen LogP contribution in [-0.4, -0.2) is 52.1 Å². The SMILES string of the molecule is CN1CCC(Nc2nc3c(C(N)=NO)cccc3[nH]2)CC1. The molecule has 1 aliphatic rings. The van der Waals surface area contributed by atoms with Crippen molar-refractivity contribution < 1.29 is 5.21 Å². The lowest BCUT2D eigenvalue weighted by Crippen LogP contribution is -2.36. The number of benzene rings is 1. The maximum Gasteiger partial charge on any atom is 0.201 e. The molecule has 1 aromatic heterocycles. The highest BCUT2D eigenvalue weighted by Gasteiger charge is 2.18.